The highest BCUT2D eigenvalue weighted by Crippen LogP contribution is 2.15. The highest BCUT2D eigenvalue weighted by atomic mass is 16.5. The SMILES string of the molecule is C=C(Nc1ccc(C(=O)OCC)cc1)Nc1cccc(C)c1. The minimum absolute atomic E-state index is 0.314. The van der Waals surface area contributed by atoms with Crippen molar-refractivity contribution in [1.82, 2.24) is 0 Å². The van der Waals surface area contributed by atoms with Gasteiger partial charge in [0.05, 0.1) is 12.2 Å². The van der Waals surface area contributed by atoms with Crippen LogP contribution in [0.2, 0.25) is 0 Å². The number of carbonyl (C=O) groups excluding carboxylic acids is 1. The summed E-state index contributed by atoms with van der Waals surface area (Å²) in [7, 11) is 0. The zero-order valence-corrected chi connectivity index (χ0v) is 12.8. The van der Waals surface area contributed by atoms with E-state index in [1.807, 2.05) is 43.3 Å². The van der Waals surface area contributed by atoms with Gasteiger partial charge in [0.1, 0.15) is 5.82 Å². The summed E-state index contributed by atoms with van der Waals surface area (Å²) in [6, 6.07) is 15.1. The molecule has 0 bridgehead atoms. The van der Waals surface area contributed by atoms with Crippen LogP contribution in [0.15, 0.2) is 60.9 Å². The molecule has 0 aromatic heterocycles. The van der Waals surface area contributed by atoms with Crippen LogP contribution in [-0.4, -0.2) is 12.6 Å². The first kappa shape index (κ1) is 15.6. The Labute approximate surface area is 130 Å². The number of hydrogen-bond donors (Lipinski definition) is 2. The molecule has 4 heteroatoms. The van der Waals surface area contributed by atoms with Gasteiger partial charge in [0.25, 0.3) is 0 Å². The zero-order chi connectivity index (χ0) is 15.9. The lowest BCUT2D eigenvalue weighted by Gasteiger charge is -2.13. The Kier molecular flexibility index (Phi) is 5.20. The second-order valence-electron chi connectivity index (χ2n) is 4.90. The summed E-state index contributed by atoms with van der Waals surface area (Å²) in [5.74, 6) is 0.347. The van der Waals surface area contributed by atoms with E-state index in [1.54, 1.807) is 19.1 Å². The van der Waals surface area contributed by atoms with Gasteiger partial charge in [-0.1, -0.05) is 18.7 Å². The van der Waals surface area contributed by atoms with E-state index >= 15 is 0 Å². The summed E-state index contributed by atoms with van der Waals surface area (Å²) in [6.45, 7) is 8.14. The van der Waals surface area contributed by atoms with Gasteiger partial charge >= 0.3 is 5.97 Å². The Balaban J connectivity index is 1.95. The van der Waals surface area contributed by atoms with Gasteiger partial charge in [-0.2, -0.15) is 0 Å². The first-order valence-electron chi connectivity index (χ1n) is 7.15. The molecule has 0 fully saturated rings. The molecule has 0 amide bonds. The maximum absolute atomic E-state index is 11.6. The molecule has 0 saturated heterocycles. The van der Waals surface area contributed by atoms with Crippen molar-refractivity contribution in [2.24, 2.45) is 0 Å². The van der Waals surface area contributed by atoms with Crippen LogP contribution in [0.3, 0.4) is 0 Å². The van der Waals surface area contributed by atoms with E-state index in [4.69, 9.17) is 4.74 Å². The molecule has 0 aliphatic heterocycles. The van der Waals surface area contributed by atoms with E-state index in [2.05, 4.69) is 17.2 Å². The third kappa shape index (κ3) is 4.38. The van der Waals surface area contributed by atoms with Gasteiger partial charge in [0.15, 0.2) is 0 Å². The molecule has 2 aromatic carbocycles. The molecule has 0 atom stereocenters. The highest BCUT2D eigenvalue weighted by molar-refractivity contribution is 5.89. The summed E-state index contributed by atoms with van der Waals surface area (Å²) >= 11 is 0. The van der Waals surface area contributed by atoms with Crippen LogP contribution in [0.1, 0.15) is 22.8 Å². The molecule has 0 aliphatic rings. The largest absolute Gasteiger partial charge is 0.462 e. The van der Waals surface area contributed by atoms with Crippen LogP contribution in [0, 0.1) is 6.92 Å². The van der Waals surface area contributed by atoms with Crippen molar-refractivity contribution < 1.29 is 9.53 Å². The fraction of sp³-hybridized carbons (Fsp3) is 0.167. The number of aryl methyl sites for hydroxylation is 1. The maximum Gasteiger partial charge on any atom is 0.338 e. The molecule has 22 heavy (non-hydrogen) atoms. The fourth-order valence-corrected chi connectivity index (χ4v) is 2.01. The second kappa shape index (κ2) is 7.31. The third-order valence-corrected chi connectivity index (χ3v) is 3.00. The summed E-state index contributed by atoms with van der Waals surface area (Å²) in [4.78, 5) is 11.6. The smallest absolute Gasteiger partial charge is 0.338 e. The molecule has 0 heterocycles. The Morgan fingerprint density at radius 1 is 1.09 bits per heavy atom. The number of rotatable bonds is 6. The van der Waals surface area contributed by atoms with Crippen molar-refractivity contribution in [3.05, 3.63) is 72.1 Å². The lowest BCUT2D eigenvalue weighted by Crippen LogP contribution is -2.09. The van der Waals surface area contributed by atoms with Crippen LogP contribution in [-0.2, 0) is 4.74 Å². The Morgan fingerprint density at radius 2 is 1.77 bits per heavy atom. The average Bonchev–Trinajstić information content (AvgIpc) is 2.48. The van der Waals surface area contributed by atoms with Crippen molar-refractivity contribution in [1.29, 1.82) is 0 Å². The van der Waals surface area contributed by atoms with Gasteiger partial charge in [-0.15, -0.1) is 0 Å². The van der Waals surface area contributed by atoms with Crippen molar-refractivity contribution >= 4 is 17.3 Å². The zero-order valence-electron chi connectivity index (χ0n) is 12.8. The average molecular weight is 296 g/mol. The number of hydrogen-bond acceptors (Lipinski definition) is 4. The Bertz CT molecular complexity index is 663. The summed E-state index contributed by atoms with van der Waals surface area (Å²) in [6.07, 6.45) is 0. The molecule has 0 unspecified atom stereocenters. The van der Waals surface area contributed by atoms with E-state index in [9.17, 15) is 4.79 Å². The van der Waals surface area contributed by atoms with Gasteiger partial charge in [-0.25, -0.2) is 4.79 Å². The summed E-state index contributed by atoms with van der Waals surface area (Å²) in [5.41, 5.74) is 3.53. The molecule has 2 rings (SSSR count). The van der Waals surface area contributed by atoms with Gasteiger partial charge in [0, 0.05) is 11.4 Å². The quantitative estimate of drug-likeness (QED) is 0.786. The van der Waals surface area contributed by atoms with Crippen LogP contribution < -0.4 is 10.6 Å². The molecular weight excluding hydrogens is 276 g/mol. The highest BCUT2D eigenvalue weighted by Gasteiger charge is 2.05. The van der Waals surface area contributed by atoms with Crippen LogP contribution in [0.5, 0.6) is 0 Å². The Morgan fingerprint density at radius 3 is 2.41 bits per heavy atom. The molecule has 114 valence electrons. The first-order valence-corrected chi connectivity index (χ1v) is 7.15. The monoisotopic (exact) mass is 296 g/mol. The number of benzene rings is 2. The summed E-state index contributed by atoms with van der Waals surface area (Å²) < 4.78 is 4.95. The minimum Gasteiger partial charge on any atom is -0.462 e. The number of nitrogens with one attached hydrogen (secondary N) is 2. The van der Waals surface area contributed by atoms with E-state index in [0.717, 1.165) is 11.4 Å². The molecule has 0 saturated carbocycles. The van der Waals surface area contributed by atoms with Gasteiger partial charge in [0.2, 0.25) is 0 Å². The van der Waals surface area contributed by atoms with Gasteiger partial charge in [-0.05, 0) is 55.8 Å². The van der Waals surface area contributed by atoms with Crippen molar-refractivity contribution in [2.45, 2.75) is 13.8 Å². The summed E-state index contributed by atoms with van der Waals surface area (Å²) in [5, 5.41) is 6.34. The molecule has 2 N–H and O–H groups in total. The molecule has 0 radical (unpaired) electrons. The lowest BCUT2D eigenvalue weighted by atomic mass is 10.2. The van der Waals surface area contributed by atoms with E-state index in [1.165, 1.54) is 5.56 Å². The maximum atomic E-state index is 11.6. The van der Waals surface area contributed by atoms with Crippen LogP contribution in [0.25, 0.3) is 0 Å². The Hall–Kier alpha value is -2.75. The number of carbonyl (C=O) groups is 1. The third-order valence-electron chi connectivity index (χ3n) is 3.00. The predicted octanol–water partition coefficient (Wildman–Crippen LogP) is 4.17. The number of esters is 1. The second-order valence-corrected chi connectivity index (χ2v) is 4.90. The van der Waals surface area contributed by atoms with Crippen LogP contribution >= 0.6 is 0 Å². The molecule has 4 nitrogen and oxygen atoms in total. The number of ether oxygens (including phenoxy) is 1. The van der Waals surface area contributed by atoms with Gasteiger partial charge in [-0.3, -0.25) is 0 Å². The molecule has 0 spiro atoms. The topological polar surface area (TPSA) is 50.4 Å². The van der Waals surface area contributed by atoms with Crippen molar-refractivity contribution in [3.63, 3.8) is 0 Å². The van der Waals surface area contributed by atoms with E-state index in [-0.39, 0.29) is 5.97 Å². The van der Waals surface area contributed by atoms with Gasteiger partial charge < -0.3 is 15.4 Å². The minimum atomic E-state index is -0.314. The van der Waals surface area contributed by atoms with E-state index in [0.29, 0.717) is 18.0 Å². The van der Waals surface area contributed by atoms with Crippen molar-refractivity contribution in [3.8, 4) is 0 Å². The standard InChI is InChI=1S/C18H20N2O2/c1-4-22-18(21)15-8-10-16(11-9-15)19-14(3)20-17-7-5-6-13(2)12-17/h5-12,19-20H,3-4H2,1-2H3. The fourth-order valence-electron chi connectivity index (χ4n) is 2.01. The molecular formula is C18H20N2O2. The normalized spacial score (nSPS) is 9.91. The van der Waals surface area contributed by atoms with Crippen molar-refractivity contribution in [2.75, 3.05) is 17.2 Å². The molecule has 2 aromatic rings. The number of anilines is 2. The first-order chi connectivity index (χ1) is 10.6. The molecule has 0 aliphatic carbocycles. The lowest BCUT2D eigenvalue weighted by molar-refractivity contribution is 0.0526. The van der Waals surface area contributed by atoms with Crippen LogP contribution in [0.4, 0.5) is 11.4 Å². The predicted molar refractivity (Wildman–Crippen MR) is 90.0 cm³/mol. The van der Waals surface area contributed by atoms with E-state index < -0.39 is 0 Å².